The summed E-state index contributed by atoms with van der Waals surface area (Å²) < 4.78 is 2.10. The quantitative estimate of drug-likeness (QED) is 0.818. The highest BCUT2D eigenvalue weighted by Crippen LogP contribution is 2.26. The van der Waals surface area contributed by atoms with Crippen molar-refractivity contribution >= 4 is 31.9 Å². The zero-order valence-corrected chi connectivity index (χ0v) is 13.6. The predicted octanol–water partition coefficient (Wildman–Crippen LogP) is 4.00. The Labute approximate surface area is 130 Å². The molecule has 0 aliphatic rings. The van der Waals surface area contributed by atoms with Crippen molar-refractivity contribution in [3.8, 4) is 0 Å². The largest absolute Gasteiger partial charge is 0.329 e. The van der Waals surface area contributed by atoms with Crippen LogP contribution in [0.15, 0.2) is 57.5 Å². The van der Waals surface area contributed by atoms with E-state index in [9.17, 15) is 0 Å². The van der Waals surface area contributed by atoms with Gasteiger partial charge in [0.25, 0.3) is 0 Å². The lowest BCUT2D eigenvalue weighted by Gasteiger charge is -2.18. The monoisotopic (exact) mass is 382 g/mol. The van der Waals surface area contributed by atoms with Crippen LogP contribution in [0.2, 0.25) is 0 Å². The molecular weight excluding hydrogens is 368 g/mol. The number of nitrogens with one attached hydrogen (secondary N) is 1. The molecule has 1 atom stereocenters. The van der Waals surface area contributed by atoms with Gasteiger partial charge in [-0.3, -0.25) is 0 Å². The van der Waals surface area contributed by atoms with Crippen molar-refractivity contribution in [2.75, 3.05) is 6.54 Å². The van der Waals surface area contributed by atoms with E-state index in [-0.39, 0.29) is 6.04 Å². The van der Waals surface area contributed by atoms with Gasteiger partial charge in [0.05, 0.1) is 0 Å². The maximum Gasteiger partial charge on any atom is 0.0447 e. The van der Waals surface area contributed by atoms with E-state index in [0.717, 1.165) is 15.5 Å². The van der Waals surface area contributed by atoms with E-state index < -0.39 is 0 Å². The van der Waals surface area contributed by atoms with Crippen LogP contribution in [0.25, 0.3) is 0 Å². The summed E-state index contributed by atoms with van der Waals surface area (Å²) in [6.45, 7) is 1.39. The SMILES string of the molecule is NCC(NCc1ccccc1)c1ccc(Br)c(Br)c1. The van der Waals surface area contributed by atoms with Crippen LogP contribution in [-0.4, -0.2) is 6.54 Å². The van der Waals surface area contributed by atoms with Crippen molar-refractivity contribution in [3.63, 3.8) is 0 Å². The molecule has 0 amide bonds. The summed E-state index contributed by atoms with van der Waals surface area (Å²) in [6.07, 6.45) is 0. The van der Waals surface area contributed by atoms with Crippen LogP contribution in [0.1, 0.15) is 17.2 Å². The molecule has 0 bridgehead atoms. The lowest BCUT2D eigenvalue weighted by atomic mass is 10.1. The van der Waals surface area contributed by atoms with Gasteiger partial charge in [0, 0.05) is 28.1 Å². The van der Waals surface area contributed by atoms with Crippen LogP contribution in [0.4, 0.5) is 0 Å². The van der Waals surface area contributed by atoms with E-state index in [4.69, 9.17) is 5.73 Å². The average Bonchev–Trinajstić information content (AvgIpc) is 2.44. The standard InChI is InChI=1S/C15H16Br2N2/c16-13-7-6-12(8-14(13)17)15(9-18)19-10-11-4-2-1-3-5-11/h1-8,15,19H,9-10,18H2. The zero-order chi connectivity index (χ0) is 13.7. The Hall–Kier alpha value is -0.680. The van der Waals surface area contributed by atoms with Crippen molar-refractivity contribution in [1.29, 1.82) is 0 Å². The zero-order valence-electron chi connectivity index (χ0n) is 10.4. The highest BCUT2D eigenvalue weighted by Gasteiger charge is 2.10. The van der Waals surface area contributed by atoms with Crippen LogP contribution < -0.4 is 11.1 Å². The lowest BCUT2D eigenvalue weighted by molar-refractivity contribution is 0.541. The first kappa shape index (κ1) is 14.7. The van der Waals surface area contributed by atoms with Gasteiger partial charge in [0.1, 0.15) is 0 Å². The molecule has 2 nitrogen and oxygen atoms in total. The molecule has 2 rings (SSSR count). The molecule has 0 radical (unpaired) electrons. The molecule has 0 aromatic heterocycles. The second-order valence-corrected chi connectivity index (χ2v) is 6.04. The number of halogens is 2. The Kier molecular flexibility index (Phi) is 5.58. The summed E-state index contributed by atoms with van der Waals surface area (Å²) in [5.74, 6) is 0. The third kappa shape index (κ3) is 4.14. The fourth-order valence-electron chi connectivity index (χ4n) is 1.90. The van der Waals surface area contributed by atoms with Crippen molar-refractivity contribution in [1.82, 2.24) is 5.32 Å². The van der Waals surface area contributed by atoms with Crippen LogP contribution in [0, 0.1) is 0 Å². The van der Waals surface area contributed by atoms with Gasteiger partial charge in [0.2, 0.25) is 0 Å². The molecule has 0 aliphatic heterocycles. The molecule has 19 heavy (non-hydrogen) atoms. The molecule has 0 spiro atoms. The number of hydrogen-bond acceptors (Lipinski definition) is 2. The molecule has 1 unspecified atom stereocenters. The molecule has 0 aliphatic carbocycles. The Balaban J connectivity index is 2.05. The minimum absolute atomic E-state index is 0.157. The molecule has 100 valence electrons. The Morgan fingerprint density at radius 2 is 1.74 bits per heavy atom. The second kappa shape index (κ2) is 7.20. The first-order chi connectivity index (χ1) is 9.20. The Bertz CT molecular complexity index is 529. The number of hydrogen-bond donors (Lipinski definition) is 2. The fourth-order valence-corrected chi connectivity index (χ4v) is 2.55. The van der Waals surface area contributed by atoms with Gasteiger partial charge in [-0.15, -0.1) is 0 Å². The van der Waals surface area contributed by atoms with E-state index in [1.54, 1.807) is 0 Å². The summed E-state index contributed by atoms with van der Waals surface area (Å²) in [5.41, 5.74) is 8.32. The smallest absolute Gasteiger partial charge is 0.0447 e. The fraction of sp³-hybridized carbons (Fsp3) is 0.200. The summed E-state index contributed by atoms with van der Waals surface area (Å²) >= 11 is 7.00. The van der Waals surface area contributed by atoms with Gasteiger partial charge < -0.3 is 11.1 Å². The Morgan fingerprint density at radius 3 is 2.37 bits per heavy atom. The van der Waals surface area contributed by atoms with Gasteiger partial charge in [-0.2, -0.15) is 0 Å². The predicted molar refractivity (Wildman–Crippen MR) is 86.9 cm³/mol. The normalized spacial score (nSPS) is 12.4. The van der Waals surface area contributed by atoms with Crippen LogP contribution >= 0.6 is 31.9 Å². The van der Waals surface area contributed by atoms with Crippen molar-refractivity contribution in [2.24, 2.45) is 5.73 Å². The minimum atomic E-state index is 0.157. The minimum Gasteiger partial charge on any atom is -0.329 e. The summed E-state index contributed by atoms with van der Waals surface area (Å²) in [5, 5.41) is 3.49. The van der Waals surface area contributed by atoms with Crippen LogP contribution in [0.3, 0.4) is 0 Å². The Morgan fingerprint density at radius 1 is 1.00 bits per heavy atom. The molecule has 0 fully saturated rings. The highest BCUT2D eigenvalue weighted by atomic mass is 79.9. The molecule has 0 saturated heterocycles. The van der Waals surface area contributed by atoms with Gasteiger partial charge in [-0.05, 0) is 55.1 Å². The number of benzene rings is 2. The maximum atomic E-state index is 5.87. The van der Waals surface area contributed by atoms with Gasteiger partial charge in [-0.25, -0.2) is 0 Å². The van der Waals surface area contributed by atoms with Crippen molar-refractivity contribution < 1.29 is 0 Å². The molecular formula is C15H16Br2N2. The molecule has 2 aromatic carbocycles. The molecule has 4 heteroatoms. The summed E-state index contributed by atoms with van der Waals surface area (Å²) in [4.78, 5) is 0. The van der Waals surface area contributed by atoms with E-state index in [0.29, 0.717) is 6.54 Å². The number of rotatable bonds is 5. The van der Waals surface area contributed by atoms with Crippen LogP contribution in [-0.2, 0) is 6.54 Å². The van der Waals surface area contributed by atoms with Crippen molar-refractivity contribution in [2.45, 2.75) is 12.6 Å². The van der Waals surface area contributed by atoms with E-state index >= 15 is 0 Å². The first-order valence-electron chi connectivity index (χ1n) is 6.13. The molecule has 2 aromatic rings. The van der Waals surface area contributed by atoms with E-state index in [1.807, 2.05) is 24.3 Å². The average molecular weight is 384 g/mol. The lowest BCUT2D eigenvalue weighted by Crippen LogP contribution is -2.27. The third-order valence-electron chi connectivity index (χ3n) is 2.98. The topological polar surface area (TPSA) is 38.0 Å². The maximum absolute atomic E-state index is 5.87. The second-order valence-electron chi connectivity index (χ2n) is 4.33. The van der Waals surface area contributed by atoms with Crippen LogP contribution in [0.5, 0.6) is 0 Å². The van der Waals surface area contributed by atoms with E-state index in [1.165, 1.54) is 11.1 Å². The summed E-state index contributed by atoms with van der Waals surface area (Å²) in [7, 11) is 0. The molecule has 3 N–H and O–H groups in total. The van der Waals surface area contributed by atoms with Crippen molar-refractivity contribution in [3.05, 3.63) is 68.6 Å². The number of nitrogens with two attached hydrogens (primary N) is 1. The van der Waals surface area contributed by atoms with Gasteiger partial charge >= 0.3 is 0 Å². The van der Waals surface area contributed by atoms with E-state index in [2.05, 4.69) is 61.4 Å². The highest BCUT2D eigenvalue weighted by molar-refractivity contribution is 9.13. The first-order valence-corrected chi connectivity index (χ1v) is 7.71. The molecule has 0 saturated carbocycles. The van der Waals surface area contributed by atoms with Gasteiger partial charge in [-0.1, -0.05) is 36.4 Å². The molecule has 0 heterocycles. The van der Waals surface area contributed by atoms with Gasteiger partial charge in [0.15, 0.2) is 0 Å². The third-order valence-corrected chi connectivity index (χ3v) is 4.86. The summed E-state index contributed by atoms with van der Waals surface area (Å²) in [6, 6.07) is 16.7.